The molecule has 0 aliphatic heterocycles. The van der Waals surface area contributed by atoms with Crippen molar-refractivity contribution in [1.82, 2.24) is 0 Å². The van der Waals surface area contributed by atoms with Crippen molar-refractivity contribution in [2.45, 2.75) is 6.04 Å². The SMILES string of the molecule is COCCOc1ccccc1C(N)c1ccsc1. The average molecular weight is 263 g/mol. The van der Waals surface area contributed by atoms with Gasteiger partial charge in [-0.2, -0.15) is 11.3 Å². The second kappa shape index (κ2) is 6.54. The van der Waals surface area contributed by atoms with Gasteiger partial charge in [0, 0.05) is 12.7 Å². The molecular weight excluding hydrogens is 246 g/mol. The van der Waals surface area contributed by atoms with Crippen LogP contribution in [0.5, 0.6) is 5.75 Å². The number of hydrogen-bond acceptors (Lipinski definition) is 4. The summed E-state index contributed by atoms with van der Waals surface area (Å²) >= 11 is 1.65. The van der Waals surface area contributed by atoms with E-state index in [1.165, 1.54) is 0 Å². The van der Waals surface area contributed by atoms with Crippen LogP contribution in [0.3, 0.4) is 0 Å². The highest BCUT2D eigenvalue weighted by Crippen LogP contribution is 2.29. The van der Waals surface area contributed by atoms with Crippen molar-refractivity contribution in [1.29, 1.82) is 0 Å². The van der Waals surface area contributed by atoms with Crippen molar-refractivity contribution < 1.29 is 9.47 Å². The van der Waals surface area contributed by atoms with Crippen LogP contribution in [0.25, 0.3) is 0 Å². The quantitative estimate of drug-likeness (QED) is 0.815. The zero-order valence-electron chi connectivity index (χ0n) is 10.3. The summed E-state index contributed by atoms with van der Waals surface area (Å²) in [5, 5.41) is 4.10. The van der Waals surface area contributed by atoms with Gasteiger partial charge in [-0.1, -0.05) is 18.2 Å². The maximum Gasteiger partial charge on any atom is 0.124 e. The summed E-state index contributed by atoms with van der Waals surface area (Å²) in [5.41, 5.74) is 8.38. The van der Waals surface area contributed by atoms with E-state index in [2.05, 4.69) is 5.38 Å². The first kappa shape index (κ1) is 13.1. The van der Waals surface area contributed by atoms with Gasteiger partial charge >= 0.3 is 0 Å². The molecule has 2 N–H and O–H groups in total. The molecule has 0 aliphatic rings. The highest BCUT2D eigenvalue weighted by molar-refractivity contribution is 7.08. The molecule has 0 fully saturated rings. The first-order chi connectivity index (χ1) is 8.83. The van der Waals surface area contributed by atoms with Crippen LogP contribution in [0.4, 0.5) is 0 Å². The Morgan fingerprint density at radius 3 is 2.78 bits per heavy atom. The summed E-state index contributed by atoms with van der Waals surface area (Å²) in [5.74, 6) is 0.827. The predicted octanol–water partition coefficient (Wildman–Crippen LogP) is 2.82. The van der Waals surface area contributed by atoms with Gasteiger partial charge in [-0.3, -0.25) is 0 Å². The molecule has 2 rings (SSSR count). The molecule has 0 radical (unpaired) electrons. The van der Waals surface area contributed by atoms with E-state index < -0.39 is 0 Å². The van der Waals surface area contributed by atoms with Gasteiger partial charge in [-0.25, -0.2) is 0 Å². The molecule has 0 saturated carbocycles. The van der Waals surface area contributed by atoms with Crippen molar-refractivity contribution in [2.24, 2.45) is 5.73 Å². The third kappa shape index (κ3) is 3.10. The van der Waals surface area contributed by atoms with E-state index in [1.807, 2.05) is 35.7 Å². The highest BCUT2D eigenvalue weighted by Gasteiger charge is 2.14. The fourth-order valence-corrected chi connectivity index (χ4v) is 2.43. The van der Waals surface area contributed by atoms with Gasteiger partial charge in [0.2, 0.25) is 0 Å². The Morgan fingerprint density at radius 1 is 1.22 bits per heavy atom. The van der Waals surface area contributed by atoms with E-state index in [-0.39, 0.29) is 6.04 Å². The number of rotatable bonds is 6. The molecular formula is C14H17NO2S. The Morgan fingerprint density at radius 2 is 2.06 bits per heavy atom. The standard InChI is InChI=1S/C14H17NO2S/c1-16-7-8-17-13-5-3-2-4-12(13)14(15)11-6-9-18-10-11/h2-6,9-10,14H,7-8,15H2,1H3. The summed E-state index contributed by atoms with van der Waals surface area (Å²) in [6.07, 6.45) is 0. The maximum absolute atomic E-state index is 6.26. The van der Waals surface area contributed by atoms with E-state index in [0.29, 0.717) is 13.2 Å². The Labute approximate surface area is 111 Å². The van der Waals surface area contributed by atoms with Gasteiger partial charge in [-0.15, -0.1) is 0 Å². The van der Waals surface area contributed by atoms with Crippen molar-refractivity contribution in [3.8, 4) is 5.75 Å². The van der Waals surface area contributed by atoms with Crippen LogP contribution in [0.2, 0.25) is 0 Å². The first-order valence-electron chi connectivity index (χ1n) is 5.81. The molecule has 2 aromatic rings. The van der Waals surface area contributed by atoms with Gasteiger partial charge in [0.05, 0.1) is 12.6 Å². The lowest BCUT2D eigenvalue weighted by atomic mass is 10.0. The molecule has 1 heterocycles. The largest absolute Gasteiger partial charge is 0.491 e. The Hall–Kier alpha value is -1.36. The highest BCUT2D eigenvalue weighted by atomic mass is 32.1. The number of methoxy groups -OCH3 is 1. The molecule has 1 unspecified atom stereocenters. The minimum Gasteiger partial charge on any atom is -0.491 e. The number of para-hydroxylation sites is 1. The van der Waals surface area contributed by atoms with Crippen LogP contribution in [-0.4, -0.2) is 20.3 Å². The third-order valence-electron chi connectivity index (χ3n) is 2.70. The van der Waals surface area contributed by atoms with Gasteiger partial charge in [0.15, 0.2) is 0 Å². The fourth-order valence-electron chi connectivity index (χ4n) is 1.74. The fraction of sp³-hybridized carbons (Fsp3) is 0.286. The Kier molecular flexibility index (Phi) is 4.75. The van der Waals surface area contributed by atoms with Gasteiger partial charge < -0.3 is 15.2 Å². The molecule has 1 aromatic heterocycles. The maximum atomic E-state index is 6.26. The predicted molar refractivity (Wildman–Crippen MR) is 74.2 cm³/mol. The number of ether oxygens (including phenoxy) is 2. The number of benzene rings is 1. The summed E-state index contributed by atoms with van der Waals surface area (Å²) in [7, 11) is 1.66. The summed E-state index contributed by atoms with van der Waals surface area (Å²) < 4.78 is 10.7. The summed E-state index contributed by atoms with van der Waals surface area (Å²) in [6, 6.07) is 9.77. The molecule has 0 aliphatic carbocycles. The lowest BCUT2D eigenvalue weighted by Crippen LogP contribution is -2.14. The number of thiophene rings is 1. The Balaban J connectivity index is 2.16. The number of hydrogen-bond donors (Lipinski definition) is 1. The van der Waals surface area contributed by atoms with E-state index >= 15 is 0 Å². The van der Waals surface area contributed by atoms with Crippen LogP contribution in [-0.2, 0) is 4.74 Å². The van der Waals surface area contributed by atoms with Crippen molar-refractivity contribution in [3.63, 3.8) is 0 Å². The van der Waals surface area contributed by atoms with Crippen molar-refractivity contribution >= 4 is 11.3 Å². The molecule has 0 amide bonds. The van der Waals surface area contributed by atoms with Crippen LogP contribution in [0.15, 0.2) is 41.1 Å². The van der Waals surface area contributed by atoms with E-state index in [1.54, 1.807) is 18.4 Å². The minimum absolute atomic E-state index is 0.144. The first-order valence-corrected chi connectivity index (χ1v) is 6.75. The third-order valence-corrected chi connectivity index (χ3v) is 3.40. The minimum atomic E-state index is -0.144. The summed E-state index contributed by atoms with van der Waals surface area (Å²) in [6.45, 7) is 1.10. The number of nitrogens with two attached hydrogens (primary N) is 1. The van der Waals surface area contributed by atoms with Gasteiger partial charge in [0.1, 0.15) is 12.4 Å². The van der Waals surface area contributed by atoms with Crippen LogP contribution in [0, 0.1) is 0 Å². The van der Waals surface area contributed by atoms with Crippen LogP contribution < -0.4 is 10.5 Å². The monoisotopic (exact) mass is 263 g/mol. The zero-order valence-corrected chi connectivity index (χ0v) is 11.2. The second-order valence-electron chi connectivity index (χ2n) is 3.91. The van der Waals surface area contributed by atoms with Gasteiger partial charge in [-0.05, 0) is 28.5 Å². The zero-order chi connectivity index (χ0) is 12.8. The van der Waals surface area contributed by atoms with Crippen molar-refractivity contribution in [2.75, 3.05) is 20.3 Å². The van der Waals surface area contributed by atoms with E-state index in [0.717, 1.165) is 16.9 Å². The second-order valence-corrected chi connectivity index (χ2v) is 4.69. The Bertz CT molecular complexity index is 470. The van der Waals surface area contributed by atoms with Crippen LogP contribution >= 0.6 is 11.3 Å². The van der Waals surface area contributed by atoms with Gasteiger partial charge in [0.25, 0.3) is 0 Å². The summed E-state index contributed by atoms with van der Waals surface area (Å²) in [4.78, 5) is 0. The topological polar surface area (TPSA) is 44.5 Å². The molecule has 0 saturated heterocycles. The molecule has 18 heavy (non-hydrogen) atoms. The van der Waals surface area contributed by atoms with E-state index in [4.69, 9.17) is 15.2 Å². The van der Waals surface area contributed by atoms with Crippen LogP contribution in [0.1, 0.15) is 17.2 Å². The molecule has 1 atom stereocenters. The smallest absolute Gasteiger partial charge is 0.124 e. The molecule has 3 nitrogen and oxygen atoms in total. The molecule has 0 bridgehead atoms. The van der Waals surface area contributed by atoms with Crippen molar-refractivity contribution in [3.05, 3.63) is 52.2 Å². The molecule has 1 aromatic carbocycles. The normalized spacial score (nSPS) is 12.3. The lowest BCUT2D eigenvalue weighted by Gasteiger charge is -2.16. The average Bonchev–Trinajstić information content (AvgIpc) is 2.93. The molecule has 4 heteroatoms. The molecule has 0 spiro atoms. The molecule has 96 valence electrons. The lowest BCUT2D eigenvalue weighted by molar-refractivity contribution is 0.145. The van der Waals surface area contributed by atoms with E-state index in [9.17, 15) is 0 Å².